The minimum atomic E-state index is -0.636. The molecule has 0 bridgehead atoms. The van der Waals surface area contributed by atoms with E-state index in [4.69, 9.17) is 14.2 Å². The lowest BCUT2D eigenvalue weighted by molar-refractivity contribution is -0.143. The van der Waals surface area contributed by atoms with Crippen molar-refractivity contribution in [2.45, 2.75) is 61.8 Å². The van der Waals surface area contributed by atoms with Crippen LogP contribution >= 0.6 is 0 Å². The Morgan fingerprint density at radius 2 is 1.40 bits per heavy atom. The molecular formula is C29H36O6. The Bertz CT molecular complexity index is 1100. The molecule has 2 aromatic carbocycles. The summed E-state index contributed by atoms with van der Waals surface area (Å²) in [5.74, 6) is 0.459. The van der Waals surface area contributed by atoms with Crippen LogP contribution in [0.5, 0.6) is 17.2 Å². The van der Waals surface area contributed by atoms with Crippen LogP contribution in [0.3, 0.4) is 0 Å². The topological polar surface area (TPSA) is 78.9 Å². The monoisotopic (exact) mass is 480 g/mol. The van der Waals surface area contributed by atoms with E-state index < -0.39 is 10.8 Å². The van der Waals surface area contributed by atoms with Crippen molar-refractivity contribution in [3.05, 3.63) is 59.2 Å². The Labute approximate surface area is 208 Å². The fourth-order valence-corrected chi connectivity index (χ4v) is 2.73. The lowest BCUT2D eigenvalue weighted by Crippen LogP contribution is -2.25. The molecule has 6 heteroatoms. The van der Waals surface area contributed by atoms with E-state index in [9.17, 15) is 14.4 Å². The van der Waals surface area contributed by atoms with Gasteiger partial charge in [0.15, 0.2) is 5.78 Å². The molecule has 0 saturated heterocycles. The quantitative estimate of drug-likeness (QED) is 0.184. The summed E-state index contributed by atoms with van der Waals surface area (Å²) in [6, 6.07) is 9.96. The van der Waals surface area contributed by atoms with E-state index in [1.807, 2.05) is 19.9 Å². The van der Waals surface area contributed by atoms with Crippen LogP contribution in [0.2, 0.25) is 0 Å². The van der Waals surface area contributed by atoms with Crippen molar-refractivity contribution < 1.29 is 28.6 Å². The maximum Gasteiger partial charge on any atom is 0.316 e. The van der Waals surface area contributed by atoms with Crippen LogP contribution in [0.25, 0.3) is 6.08 Å². The molecule has 2 rings (SSSR count). The minimum Gasteiger partial charge on any atom is -0.493 e. The van der Waals surface area contributed by atoms with Crippen LogP contribution in [-0.4, -0.2) is 24.3 Å². The zero-order valence-electron chi connectivity index (χ0n) is 22.0. The highest BCUT2D eigenvalue weighted by Crippen LogP contribution is 2.32. The molecule has 0 aliphatic heterocycles. The fraction of sp³-hybridized carbons (Fsp3) is 0.414. The van der Waals surface area contributed by atoms with Gasteiger partial charge in [-0.25, -0.2) is 0 Å². The molecule has 0 spiro atoms. The summed E-state index contributed by atoms with van der Waals surface area (Å²) in [7, 11) is 0. The van der Waals surface area contributed by atoms with Crippen LogP contribution < -0.4 is 14.2 Å². The Morgan fingerprint density at radius 1 is 0.829 bits per heavy atom. The predicted molar refractivity (Wildman–Crippen MR) is 137 cm³/mol. The number of carbonyl (C=O) groups is 3. The molecule has 0 aromatic heterocycles. The highest BCUT2D eigenvalue weighted by molar-refractivity contribution is 6.07. The van der Waals surface area contributed by atoms with E-state index in [-0.39, 0.29) is 17.7 Å². The lowest BCUT2D eigenvalue weighted by atomic mass is 9.97. The van der Waals surface area contributed by atoms with Gasteiger partial charge in [-0.3, -0.25) is 14.4 Å². The number of aryl methyl sites for hydroxylation is 1. The number of ether oxygens (including phenoxy) is 3. The molecule has 35 heavy (non-hydrogen) atoms. The minimum absolute atomic E-state index is 0.207. The van der Waals surface area contributed by atoms with Crippen molar-refractivity contribution in [2.75, 3.05) is 6.61 Å². The van der Waals surface area contributed by atoms with Crippen LogP contribution in [0.4, 0.5) is 0 Å². The van der Waals surface area contributed by atoms with Crippen molar-refractivity contribution >= 4 is 23.8 Å². The molecule has 188 valence electrons. The highest BCUT2D eigenvalue weighted by atomic mass is 16.5. The van der Waals surface area contributed by atoms with Crippen molar-refractivity contribution in [3.8, 4) is 17.2 Å². The number of ketones is 1. The van der Waals surface area contributed by atoms with Gasteiger partial charge in [0.25, 0.3) is 0 Å². The number of hydrogen-bond donors (Lipinski definition) is 0. The third kappa shape index (κ3) is 8.09. The standard InChI is InChI=1S/C29H36O6/c1-9-16-33-25-18-24(35-27(32)29(6,7)8)19(2)17-21(25)12-15-23(30)20-10-13-22(14-11-20)34-26(31)28(3,4)5/h10-15,17-18H,9,16H2,1-8H3/b15-12+. The summed E-state index contributed by atoms with van der Waals surface area (Å²) < 4.78 is 16.8. The van der Waals surface area contributed by atoms with Gasteiger partial charge in [0, 0.05) is 17.2 Å². The Kier molecular flexibility index (Phi) is 9.02. The fourth-order valence-electron chi connectivity index (χ4n) is 2.73. The number of rotatable bonds is 8. The second kappa shape index (κ2) is 11.3. The molecule has 2 aromatic rings. The van der Waals surface area contributed by atoms with Crippen molar-refractivity contribution in [3.63, 3.8) is 0 Å². The maximum absolute atomic E-state index is 12.7. The van der Waals surface area contributed by atoms with Gasteiger partial charge >= 0.3 is 11.9 Å². The van der Waals surface area contributed by atoms with Gasteiger partial charge in [-0.1, -0.05) is 6.92 Å². The molecule has 0 aliphatic rings. The van der Waals surface area contributed by atoms with Gasteiger partial charge in [0.2, 0.25) is 0 Å². The second-order valence-corrected chi connectivity index (χ2v) is 10.5. The van der Waals surface area contributed by atoms with Crippen LogP contribution in [0, 0.1) is 17.8 Å². The van der Waals surface area contributed by atoms with E-state index in [2.05, 4.69) is 0 Å². The van der Waals surface area contributed by atoms with Gasteiger partial charge in [0.05, 0.1) is 17.4 Å². The third-order valence-electron chi connectivity index (χ3n) is 4.96. The largest absolute Gasteiger partial charge is 0.493 e. The molecule has 0 N–H and O–H groups in total. The Morgan fingerprint density at radius 3 is 1.94 bits per heavy atom. The number of hydrogen-bond acceptors (Lipinski definition) is 6. The number of allylic oxidation sites excluding steroid dienone is 1. The lowest BCUT2D eigenvalue weighted by Gasteiger charge is -2.19. The first-order valence-corrected chi connectivity index (χ1v) is 11.8. The molecule has 0 unspecified atom stereocenters. The molecule has 6 nitrogen and oxygen atoms in total. The normalized spacial score (nSPS) is 11.9. The highest BCUT2D eigenvalue weighted by Gasteiger charge is 2.25. The number of carbonyl (C=O) groups excluding carboxylic acids is 3. The van der Waals surface area contributed by atoms with Gasteiger partial charge in [-0.05, 0) is 103 Å². The van der Waals surface area contributed by atoms with Gasteiger partial charge < -0.3 is 14.2 Å². The van der Waals surface area contributed by atoms with E-state index in [0.29, 0.717) is 35.0 Å². The molecule has 0 atom stereocenters. The predicted octanol–water partition coefficient (Wildman–Crippen LogP) is 6.58. The zero-order valence-corrected chi connectivity index (χ0v) is 22.0. The first-order valence-electron chi connectivity index (χ1n) is 11.8. The first kappa shape index (κ1) is 27.8. The zero-order chi connectivity index (χ0) is 26.4. The summed E-state index contributed by atoms with van der Waals surface area (Å²) in [5, 5.41) is 0. The van der Waals surface area contributed by atoms with E-state index >= 15 is 0 Å². The van der Waals surface area contributed by atoms with E-state index in [1.165, 1.54) is 6.08 Å². The van der Waals surface area contributed by atoms with Gasteiger partial charge in [-0.15, -0.1) is 0 Å². The van der Waals surface area contributed by atoms with Crippen molar-refractivity contribution in [2.24, 2.45) is 10.8 Å². The summed E-state index contributed by atoms with van der Waals surface area (Å²) in [6.07, 6.45) is 3.95. The molecule has 0 saturated carbocycles. The van der Waals surface area contributed by atoms with Crippen molar-refractivity contribution in [1.29, 1.82) is 0 Å². The molecule has 0 heterocycles. The van der Waals surface area contributed by atoms with Gasteiger partial charge in [-0.2, -0.15) is 0 Å². The SMILES string of the molecule is CCCOc1cc(OC(=O)C(C)(C)C)c(C)cc1/C=C/C(=O)c1ccc(OC(=O)C(C)(C)C)cc1. The molecular weight excluding hydrogens is 444 g/mol. The smallest absolute Gasteiger partial charge is 0.316 e. The first-order chi connectivity index (χ1) is 16.2. The molecule has 0 fully saturated rings. The summed E-state index contributed by atoms with van der Waals surface area (Å²) >= 11 is 0. The second-order valence-electron chi connectivity index (χ2n) is 10.5. The maximum atomic E-state index is 12.7. The van der Waals surface area contributed by atoms with E-state index in [0.717, 1.165) is 12.0 Å². The van der Waals surface area contributed by atoms with Crippen molar-refractivity contribution in [1.82, 2.24) is 0 Å². The van der Waals surface area contributed by atoms with E-state index in [1.54, 1.807) is 78.0 Å². The molecule has 0 amide bonds. The van der Waals surface area contributed by atoms with Crippen LogP contribution in [0.15, 0.2) is 42.5 Å². The number of esters is 2. The third-order valence-corrected chi connectivity index (χ3v) is 4.96. The Balaban J connectivity index is 2.24. The number of benzene rings is 2. The van der Waals surface area contributed by atoms with Gasteiger partial charge in [0.1, 0.15) is 17.2 Å². The molecule has 0 radical (unpaired) electrons. The molecule has 0 aliphatic carbocycles. The van der Waals surface area contributed by atoms with Crippen LogP contribution in [0.1, 0.15) is 76.4 Å². The summed E-state index contributed by atoms with van der Waals surface area (Å²) in [6.45, 7) is 15.0. The average molecular weight is 481 g/mol. The Hall–Kier alpha value is -3.41. The summed E-state index contributed by atoms with van der Waals surface area (Å²) in [5.41, 5.74) is 0.662. The summed E-state index contributed by atoms with van der Waals surface area (Å²) in [4.78, 5) is 37.1. The average Bonchev–Trinajstić information content (AvgIpc) is 2.77. The van der Waals surface area contributed by atoms with Crippen LogP contribution in [-0.2, 0) is 9.59 Å².